The molecule has 3 N–H and O–H groups in total. The number of benzene rings is 2. The van der Waals surface area contributed by atoms with Crippen LogP contribution in [0.15, 0.2) is 36.4 Å². The minimum absolute atomic E-state index is 0.0853. The van der Waals surface area contributed by atoms with E-state index in [2.05, 4.69) is 64.3 Å². The Bertz CT molecular complexity index is 1170. The van der Waals surface area contributed by atoms with Crippen LogP contribution in [0.25, 0.3) is 0 Å². The number of carbonyl (C=O) groups is 2. The summed E-state index contributed by atoms with van der Waals surface area (Å²) in [5.41, 5.74) is 4.27. The maximum absolute atomic E-state index is 13.2. The highest BCUT2D eigenvalue weighted by molar-refractivity contribution is 5.97. The second-order valence-electron chi connectivity index (χ2n) is 15.0. The molecule has 39 heavy (non-hydrogen) atoms. The number of amides is 2. The van der Waals surface area contributed by atoms with Gasteiger partial charge in [-0.2, -0.15) is 0 Å². The number of aliphatic hydroxyl groups is 1. The zero-order chi connectivity index (χ0) is 30.0. The fourth-order valence-corrected chi connectivity index (χ4v) is 4.40. The fourth-order valence-electron chi connectivity index (χ4n) is 4.40. The van der Waals surface area contributed by atoms with Gasteiger partial charge < -0.3 is 15.7 Å². The van der Waals surface area contributed by atoms with Crippen LogP contribution in [-0.4, -0.2) is 34.1 Å². The summed E-state index contributed by atoms with van der Waals surface area (Å²) < 4.78 is 0. The van der Waals surface area contributed by atoms with Gasteiger partial charge in [0.05, 0.1) is 6.10 Å². The molecule has 0 saturated carbocycles. The molecule has 0 radical (unpaired) electrons. The molecule has 0 saturated heterocycles. The molecule has 0 spiro atoms. The lowest BCUT2D eigenvalue weighted by Gasteiger charge is -2.25. The van der Waals surface area contributed by atoms with Gasteiger partial charge in [-0.1, -0.05) is 65.8 Å². The lowest BCUT2D eigenvalue weighted by atomic mass is 9.83. The van der Waals surface area contributed by atoms with E-state index in [0.29, 0.717) is 30.4 Å². The first-order valence-corrected chi connectivity index (χ1v) is 14.2. The van der Waals surface area contributed by atoms with Crippen LogP contribution in [0.5, 0.6) is 0 Å². The highest BCUT2D eigenvalue weighted by Crippen LogP contribution is 2.28. The minimum atomic E-state index is -0.660. The molecule has 0 aromatic heterocycles. The number of carbonyl (C=O) groups excluding carboxylic acids is 2. The van der Waals surface area contributed by atoms with Gasteiger partial charge in [-0.3, -0.25) is 9.59 Å². The summed E-state index contributed by atoms with van der Waals surface area (Å²) in [7, 11) is 0. The van der Waals surface area contributed by atoms with Crippen LogP contribution in [-0.2, 0) is 23.7 Å². The topological polar surface area (TPSA) is 78.4 Å². The largest absolute Gasteiger partial charge is 0.393 e. The van der Waals surface area contributed by atoms with Crippen molar-refractivity contribution in [1.82, 2.24) is 10.6 Å². The van der Waals surface area contributed by atoms with E-state index in [1.165, 1.54) is 0 Å². The van der Waals surface area contributed by atoms with Gasteiger partial charge >= 0.3 is 0 Å². The summed E-state index contributed by atoms with van der Waals surface area (Å²) in [5.74, 6) is -0.230. The number of rotatable bonds is 7. The average Bonchev–Trinajstić information content (AvgIpc) is 2.74. The minimum Gasteiger partial charge on any atom is -0.393 e. The molecule has 2 aromatic carbocycles. The molecule has 1 atom stereocenters. The summed E-state index contributed by atoms with van der Waals surface area (Å²) in [6.07, 6.45) is 0.738. The second kappa shape index (κ2) is 11.8. The molecule has 0 bridgehead atoms. The third-order valence-corrected chi connectivity index (χ3v) is 6.62. The fraction of sp³-hybridized carbons (Fsp3) is 0.588. The van der Waals surface area contributed by atoms with Gasteiger partial charge in [-0.25, -0.2) is 0 Å². The van der Waals surface area contributed by atoms with Crippen LogP contribution in [0.4, 0.5) is 0 Å². The average molecular weight is 537 g/mol. The molecule has 2 rings (SSSR count). The van der Waals surface area contributed by atoms with Crippen molar-refractivity contribution in [2.75, 3.05) is 0 Å². The molecule has 5 nitrogen and oxygen atoms in total. The Morgan fingerprint density at radius 3 is 1.44 bits per heavy atom. The zero-order valence-electron chi connectivity index (χ0n) is 26.4. The highest BCUT2D eigenvalue weighted by atomic mass is 16.3. The Morgan fingerprint density at radius 2 is 1.05 bits per heavy atom. The van der Waals surface area contributed by atoms with Gasteiger partial charge in [0, 0.05) is 22.2 Å². The molecular formula is C34H52N2O3. The van der Waals surface area contributed by atoms with Crippen molar-refractivity contribution < 1.29 is 14.7 Å². The molecule has 216 valence electrons. The predicted octanol–water partition coefficient (Wildman–Crippen LogP) is 6.87. The van der Waals surface area contributed by atoms with E-state index < -0.39 is 6.10 Å². The summed E-state index contributed by atoms with van der Waals surface area (Å²) in [6.45, 7) is 24.6. The Labute approximate surface area is 237 Å². The first kappa shape index (κ1) is 32.6. The second-order valence-corrected chi connectivity index (χ2v) is 15.0. The van der Waals surface area contributed by atoms with Gasteiger partial charge in [-0.05, 0) is 106 Å². The molecule has 0 fully saturated rings. The standard InChI is InChI=1S/C34H52N2O3/c1-31(2,3)24-16-13-22(27(20-24)29(38)35-33(7,8)9)15-18-26(37)19-23-14-17-25(32(4,5)6)21-28(23)30(39)36-34(10,11)12/h13-14,16-17,20-21,26,37H,15,18-19H2,1-12H3,(H,35,38)(H,36,39)/t26-/m1/s1. The SMILES string of the molecule is CC(C)(C)NC(=O)c1cc(C(C)(C)C)ccc1CC[C@@H](O)Cc1ccc(C(C)(C)C)cc1C(=O)NC(C)(C)C. The monoisotopic (exact) mass is 536 g/mol. The molecular weight excluding hydrogens is 484 g/mol. The molecule has 2 amide bonds. The quantitative estimate of drug-likeness (QED) is 0.361. The predicted molar refractivity (Wildman–Crippen MR) is 163 cm³/mol. The van der Waals surface area contributed by atoms with Gasteiger partial charge in [0.2, 0.25) is 0 Å². The maximum Gasteiger partial charge on any atom is 0.251 e. The summed E-state index contributed by atoms with van der Waals surface area (Å²) in [4.78, 5) is 26.5. The van der Waals surface area contributed by atoms with E-state index in [4.69, 9.17) is 0 Å². The van der Waals surface area contributed by atoms with E-state index in [1.54, 1.807) is 0 Å². The van der Waals surface area contributed by atoms with E-state index in [9.17, 15) is 14.7 Å². The first-order valence-electron chi connectivity index (χ1n) is 14.2. The van der Waals surface area contributed by atoms with Gasteiger partial charge in [0.15, 0.2) is 0 Å². The third kappa shape index (κ3) is 10.1. The van der Waals surface area contributed by atoms with Crippen LogP contribution in [0, 0.1) is 0 Å². The molecule has 0 heterocycles. The Hall–Kier alpha value is -2.66. The highest BCUT2D eigenvalue weighted by Gasteiger charge is 2.24. The van der Waals surface area contributed by atoms with E-state index in [1.807, 2.05) is 65.8 Å². The van der Waals surface area contributed by atoms with Crippen molar-refractivity contribution in [3.05, 3.63) is 69.8 Å². The Morgan fingerprint density at radius 1 is 0.667 bits per heavy atom. The summed E-state index contributed by atoms with van der Waals surface area (Å²) in [5, 5.41) is 17.3. The number of hydrogen-bond acceptors (Lipinski definition) is 3. The molecule has 0 aliphatic carbocycles. The zero-order valence-corrected chi connectivity index (χ0v) is 26.4. The van der Waals surface area contributed by atoms with Crippen LogP contribution in [0.3, 0.4) is 0 Å². The van der Waals surface area contributed by atoms with Crippen molar-refractivity contribution in [1.29, 1.82) is 0 Å². The number of aryl methyl sites for hydroxylation is 1. The van der Waals surface area contributed by atoms with Crippen LogP contribution in [0.1, 0.15) is 132 Å². The molecule has 0 aliphatic rings. The van der Waals surface area contributed by atoms with E-state index >= 15 is 0 Å². The van der Waals surface area contributed by atoms with Crippen molar-refractivity contribution in [3.63, 3.8) is 0 Å². The first-order chi connectivity index (χ1) is 17.6. The van der Waals surface area contributed by atoms with Gasteiger partial charge in [0.1, 0.15) is 0 Å². The third-order valence-electron chi connectivity index (χ3n) is 6.62. The lowest BCUT2D eigenvalue weighted by molar-refractivity contribution is 0.0907. The molecule has 0 unspecified atom stereocenters. The van der Waals surface area contributed by atoms with E-state index in [0.717, 1.165) is 22.3 Å². The van der Waals surface area contributed by atoms with Crippen molar-refractivity contribution in [2.45, 2.75) is 130 Å². The Balaban J connectivity index is 2.32. The number of hydrogen-bond donors (Lipinski definition) is 3. The van der Waals surface area contributed by atoms with Crippen LogP contribution < -0.4 is 10.6 Å². The summed E-state index contributed by atoms with van der Waals surface area (Å²) in [6, 6.07) is 12.1. The van der Waals surface area contributed by atoms with Gasteiger partial charge in [0.25, 0.3) is 11.8 Å². The van der Waals surface area contributed by atoms with Crippen LogP contribution in [0.2, 0.25) is 0 Å². The maximum atomic E-state index is 13.2. The molecule has 0 aliphatic heterocycles. The molecule has 5 heteroatoms. The number of nitrogens with one attached hydrogen (secondary N) is 2. The normalized spacial score (nSPS) is 13.7. The van der Waals surface area contributed by atoms with Crippen molar-refractivity contribution >= 4 is 11.8 Å². The van der Waals surface area contributed by atoms with Crippen molar-refractivity contribution in [2.24, 2.45) is 0 Å². The van der Waals surface area contributed by atoms with Gasteiger partial charge in [-0.15, -0.1) is 0 Å². The van der Waals surface area contributed by atoms with Crippen molar-refractivity contribution in [3.8, 4) is 0 Å². The Kier molecular flexibility index (Phi) is 9.88. The smallest absolute Gasteiger partial charge is 0.251 e. The number of aliphatic hydroxyl groups excluding tert-OH is 1. The molecule has 2 aromatic rings. The lowest BCUT2D eigenvalue weighted by Crippen LogP contribution is -2.41. The van der Waals surface area contributed by atoms with E-state index in [-0.39, 0.29) is 33.7 Å². The van der Waals surface area contributed by atoms with Crippen LogP contribution >= 0.6 is 0 Å². The summed E-state index contributed by atoms with van der Waals surface area (Å²) >= 11 is 0.